The van der Waals surface area contributed by atoms with E-state index in [1.165, 1.54) is 23.7 Å². The van der Waals surface area contributed by atoms with Gasteiger partial charge in [-0.25, -0.2) is 4.98 Å². The standard InChI is InChI=1S/C15H12ClN5O2S/c1-2-12(22)18-11-7-8(6-10(16)13(11)23)19-20-15-9-4-3-5-17-14(9)21-24-15/h3-7,23H,2H2,1H3,(H,18,22)/b20-19+. The summed E-state index contributed by atoms with van der Waals surface area (Å²) in [5.74, 6) is -0.445. The topological polar surface area (TPSA) is 99.8 Å². The van der Waals surface area contributed by atoms with Gasteiger partial charge in [-0.15, -0.1) is 10.2 Å². The van der Waals surface area contributed by atoms with Crippen molar-refractivity contribution in [3.63, 3.8) is 0 Å². The van der Waals surface area contributed by atoms with Crippen molar-refractivity contribution in [3.05, 3.63) is 35.5 Å². The number of carbonyl (C=O) groups excluding carboxylic acids is 1. The molecule has 0 unspecified atom stereocenters. The molecule has 0 aliphatic carbocycles. The van der Waals surface area contributed by atoms with E-state index in [9.17, 15) is 9.90 Å². The quantitative estimate of drug-likeness (QED) is 0.514. The fourth-order valence-corrected chi connectivity index (χ4v) is 2.79. The van der Waals surface area contributed by atoms with Crippen molar-refractivity contribution in [2.24, 2.45) is 10.2 Å². The van der Waals surface area contributed by atoms with Gasteiger partial charge in [0.05, 0.1) is 21.8 Å². The zero-order valence-electron chi connectivity index (χ0n) is 12.5. The average Bonchev–Trinajstić information content (AvgIpc) is 3.00. The molecule has 1 aromatic carbocycles. The van der Waals surface area contributed by atoms with Gasteiger partial charge in [-0.3, -0.25) is 4.79 Å². The molecule has 0 atom stereocenters. The SMILES string of the molecule is CCC(=O)Nc1cc(/N=N/c2snc3ncccc23)cc(Cl)c1O. The predicted octanol–water partition coefficient (Wildman–Crippen LogP) is 4.81. The van der Waals surface area contributed by atoms with Gasteiger partial charge in [0.1, 0.15) is 0 Å². The second-order valence-electron chi connectivity index (χ2n) is 4.79. The van der Waals surface area contributed by atoms with Gasteiger partial charge >= 0.3 is 0 Å². The van der Waals surface area contributed by atoms with E-state index in [4.69, 9.17) is 11.6 Å². The lowest BCUT2D eigenvalue weighted by atomic mass is 10.2. The summed E-state index contributed by atoms with van der Waals surface area (Å²) < 4.78 is 4.18. The van der Waals surface area contributed by atoms with E-state index in [1.54, 1.807) is 19.2 Å². The highest BCUT2D eigenvalue weighted by Crippen LogP contribution is 2.37. The Morgan fingerprint density at radius 1 is 1.42 bits per heavy atom. The van der Waals surface area contributed by atoms with Crippen LogP contribution in [-0.2, 0) is 4.79 Å². The number of nitrogens with one attached hydrogen (secondary N) is 1. The van der Waals surface area contributed by atoms with Gasteiger partial charge in [0.25, 0.3) is 0 Å². The zero-order chi connectivity index (χ0) is 17.1. The highest BCUT2D eigenvalue weighted by molar-refractivity contribution is 7.11. The number of hydrogen-bond acceptors (Lipinski definition) is 7. The molecule has 0 aliphatic heterocycles. The Morgan fingerprint density at radius 3 is 3.04 bits per heavy atom. The summed E-state index contributed by atoms with van der Waals surface area (Å²) in [4.78, 5) is 15.6. The first-order valence-corrected chi connectivity index (χ1v) is 8.18. The molecule has 7 nitrogen and oxygen atoms in total. The van der Waals surface area contributed by atoms with Crippen molar-refractivity contribution in [1.82, 2.24) is 9.36 Å². The Bertz CT molecular complexity index is 941. The molecule has 3 rings (SSSR count). The van der Waals surface area contributed by atoms with Gasteiger partial charge in [0.2, 0.25) is 5.91 Å². The van der Waals surface area contributed by atoms with E-state index >= 15 is 0 Å². The summed E-state index contributed by atoms with van der Waals surface area (Å²) in [7, 11) is 0. The van der Waals surface area contributed by atoms with Crippen LogP contribution >= 0.6 is 23.1 Å². The first-order valence-electron chi connectivity index (χ1n) is 7.03. The molecule has 24 heavy (non-hydrogen) atoms. The largest absolute Gasteiger partial charge is 0.504 e. The minimum Gasteiger partial charge on any atom is -0.504 e. The lowest BCUT2D eigenvalue weighted by molar-refractivity contribution is -0.115. The molecule has 0 spiro atoms. The molecular formula is C15H12ClN5O2S. The fraction of sp³-hybridized carbons (Fsp3) is 0.133. The number of amides is 1. The van der Waals surface area contributed by atoms with Gasteiger partial charge in [0, 0.05) is 12.6 Å². The molecule has 0 saturated heterocycles. The summed E-state index contributed by atoms with van der Waals surface area (Å²) in [6.07, 6.45) is 1.94. The van der Waals surface area contributed by atoms with Crippen molar-refractivity contribution in [2.45, 2.75) is 13.3 Å². The van der Waals surface area contributed by atoms with Crippen LogP contribution in [0.1, 0.15) is 13.3 Å². The smallest absolute Gasteiger partial charge is 0.224 e. The van der Waals surface area contributed by atoms with E-state index in [-0.39, 0.29) is 28.8 Å². The number of nitrogens with zero attached hydrogens (tertiary/aromatic N) is 4. The lowest BCUT2D eigenvalue weighted by Crippen LogP contribution is -2.09. The molecule has 0 bridgehead atoms. The van der Waals surface area contributed by atoms with E-state index in [0.29, 0.717) is 16.3 Å². The number of halogens is 1. The van der Waals surface area contributed by atoms with Crippen LogP contribution < -0.4 is 5.32 Å². The van der Waals surface area contributed by atoms with Crippen LogP contribution in [0.4, 0.5) is 16.4 Å². The van der Waals surface area contributed by atoms with E-state index < -0.39 is 0 Å². The van der Waals surface area contributed by atoms with Gasteiger partial charge in [-0.2, -0.15) is 4.37 Å². The minimum absolute atomic E-state index is 0.0775. The molecule has 0 saturated carbocycles. The summed E-state index contributed by atoms with van der Waals surface area (Å²) in [6.45, 7) is 1.71. The van der Waals surface area contributed by atoms with Gasteiger partial charge in [-0.1, -0.05) is 18.5 Å². The molecular weight excluding hydrogens is 350 g/mol. The number of benzene rings is 1. The first-order chi connectivity index (χ1) is 11.6. The van der Waals surface area contributed by atoms with Crippen molar-refractivity contribution in [2.75, 3.05) is 5.32 Å². The Hall–Kier alpha value is -2.58. The van der Waals surface area contributed by atoms with Gasteiger partial charge in [0.15, 0.2) is 16.4 Å². The van der Waals surface area contributed by atoms with Gasteiger partial charge < -0.3 is 10.4 Å². The average molecular weight is 362 g/mol. The number of rotatable bonds is 4. The monoisotopic (exact) mass is 361 g/mol. The highest BCUT2D eigenvalue weighted by Gasteiger charge is 2.11. The molecule has 0 aliphatic rings. The summed E-state index contributed by atoms with van der Waals surface area (Å²) >= 11 is 7.16. The third-order valence-corrected chi connectivity index (χ3v) is 4.16. The molecule has 0 fully saturated rings. The van der Waals surface area contributed by atoms with Crippen LogP contribution in [0.5, 0.6) is 5.75 Å². The predicted molar refractivity (Wildman–Crippen MR) is 93.6 cm³/mol. The second kappa shape index (κ2) is 6.90. The van der Waals surface area contributed by atoms with Crippen LogP contribution in [-0.4, -0.2) is 20.4 Å². The van der Waals surface area contributed by atoms with E-state index in [2.05, 4.69) is 24.9 Å². The summed E-state index contributed by atoms with van der Waals surface area (Å²) in [5, 5.41) is 22.3. The Balaban J connectivity index is 1.93. The molecule has 122 valence electrons. The van der Waals surface area contributed by atoms with Crippen LogP contribution in [0.2, 0.25) is 5.02 Å². The maximum Gasteiger partial charge on any atom is 0.224 e. The molecule has 9 heteroatoms. The number of azo groups is 1. The second-order valence-corrected chi connectivity index (χ2v) is 5.95. The number of aromatic hydroxyl groups is 1. The number of aromatic nitrogens is 2. The van der Waals surface area contributed by atoms with Crippen LogP contribution in [0.25, 0.3) is 11.0 Å². The maximum atomic E-state index is 11.5. The van der Waals surface area contributed by atoms with Gasteiger partial charge in [-0.05, 0) is 35.8 Å². The number of phenols is 1. The first kappa shape index (κ1) is 16.3. The van der Waals surface area contributed by atoms with Crippen molar-refractivity contribution < 1.29 is 9.90 Å². The Kier molecular flexibility index (Phi) is 4.68. The molecule has 3 aromatic rings. The highest BCUT2D eigenvalue weighted by atomic mass is 35.5. The fourth-order valence-electron chi connectivity index (χ4n) is 1.92. The minimum atomic E-state index is -0.241. The molecule has 0 radical (unpaired) electrons. The normalized spacial score (nSPS) is 11.2. The number of fused-ring (bicyclic) bond motifs is 1. The van der Waals surface area contributed by atoms with Crippen LogP contribution in [0, 0.1) is 0 Å². The third-order valence-electron chi connectivity index (χ3n) is 3.14. The number of carbonyl (C=O) groups is 1. The number of anilines is 1. The molecule has 2 heterocycles. The summed E-state index contributed by atoms with van der Waals surface area (Å²) in [6, 6.07) is 6.62. The molecule has 2 aromatic heterocycles. The van der Waals surface area contributed by atoms with E-state index in [0.717, 1.165) is 5.39 Å². The van der Waals surface area contributed by atoms with Crippen molar-refractivity contribution in [3.8, 4) is 5.75 Å². The summed E-state index contributed by atoms with van der Waals surface area (Å²) in [5.41, 5.74) is 1.20. The third kappa shape index (κ3) is 3.34. The number of pyridine rings is 1. The Labute approximate surface area is 146 Å². The Morgan fingerprint density at radius 2 is 2.25 bits per heavy atom. The van der Waals surface area contributed by atoms with Crippen LogP contribution in [0.3, 0.4) is 0 Å². The molecule has 2 N–H and O–H groups in total. The van der Waals surface area contributed by atoms with Crippen molar-refractivity contribution in [1.29, 1.82) is 0 Å². The van der Waals surface area contributed by atoms with Crippen molar-refractivity contribution >= 4 is 56.4 Å². The maximum absolute atomic E-state index is 11.5. The van der Waals surface area contributed by atoms with Crippen LogP contribution in [0.15, 0.2) is 40.7 Å². The number of phenolic OH excluding ortho intramolecular Hbond substituents is 1. The number of hydrogen-bond donors (Lipinski definition) is 2. The van der Waals surface area contributed by atoms with E-state index in [1.807, 2.05) is 6.07 Å². The molecule has 1 amide bonds. The lowest BCUT2D eigenvalue weighted by Gasteiger charge is -2.08. The zero-order valence-corrected chi connectivity index (χ0v) is 14.1.